The molecule has 0 aliphatic carbocycles. The van der Waals surface area contributed by atoms with Crippen LogP contribution in [-0.2, 0) is 5.54 Å². The second-order valence-corrected chi connectivity index (χ2v) is 8.17. The fourth-order valence-electron chi connectivity index (χ4n) is 3.32. The summed E-state index contributed by atoms with van der Waals surface area (Å²) in [6.07, 6.45) is -3.10. The van der Waals surface area contributed by atoms with E-state index < -0.39 is 18.6 Å². The minimum absolute atomic E-state index is 0.0318. The first-order valence-corrected chi connectivity index (χ1v) is 9.42. The van der Waals surface area contributed by atoms with Gasteiger partial charge in [0.1, 0.15) is 30.1 Å². The first-order valence-electron chi connectivity index (χ1n) is 9.42. The number of carbonyl (C=O) groups excluding carboxylic acids is 1. The van der Waals surface area contributed by atoms with Crippen LogP contribution in [0, 0.1) is 0 Å². The predicted molar refractivity (Wildman–Crippen MR) is 110 cm³/mol. The molecule has 0 radical (unpaired) electrons. The highest BCUT2D eigenvalue weighted by Crippen LogP contribution is 2.34. The number of H-pyrrole nitrogens is 1. The Balaban J connectivity index is 1.78. The zero-order valence-electron chi connectivity index (χ0n) is 17.0. The molecule has 0 fully saturated rings. The van der Waals surface area contributed by atoms with Crippen LogP contribution in [0.25, 0.3) is 33.2 Å². The fraction of sp³-hybridized carbons (Fsp3) is 0.300. The number of nitrogens with two attached hydrogens (primary N) is 1. The summed E-state index contributed by atoms with van der Waals surface area (Å²) in [6, 6.07) is 6.81. The van der Waals surface area contributed by atoms with E-state index in [-0.39, 0.29) is 17.1 Å². The number of hydrogen-bond donors (Lipinski definition) is 3. The molecule has 0 saturated heterocycles. The van der Waals surface area contributed by atoms with Gasteiger partial charge in [0.2, 0.25) is 0 Å². The lowest BCUT2D eigenvalue weighted by atomic mass is 10.1. The van der Waals surface area contributed by atoms with Crippen LogP contribution in [0.2, 0.25) is 0 Å². The standard InChI is InChI=1S/C20H20F3N7O/c1-19(2,3)30-17-14(16(24)26-9-27-17)15(29-30)11-5-4-10-6-13(28-12(10)7-11)18(31)25-8-20(21,22)23/h4-7,9,28H,8H2,1-3H3,(H,25,31)(H2,24,26,27). The van der Waals surface area contributed by atoms with Crippen molar-refractivity contribution in [2.24, 2.45) is 0 Å². The Hall–Kier alpha value is -3.63. The zero-order chi connectivity index (χ0) is 22.6. The molecular formula is C20H20F3N7O. The minimum Gasteiger partial charge on any atom is -0.383 e. The third-order valence-electron chi connectivity index (χ3n) is 4.72. The number of halogens is 3. The molecule has 0 atom stereocenters. The molecule has 31 heavy (non-hydrogen) atoms. The number of aromatic nitrogens is 5. The van der Waals surface area contributed by atoms with Crippen molar-refractivity contribution in [2.45, 2.75) is 32.5 Å². The molecule has 4 N–H and O–H groups in total. The molecule has 0 bridgehead atoms. The quantitative estimate of drug-likeness (QED) is 0.459. The summed E-state index contributed by atoms with van der Waals surface area (Å²) in [7, 11) is 0. The minimum atomic E-state index is -4.48. The van der Waals surface area contributed by atoms with Crippen LogP contribution in [-0.4, -0.2) is 43.4 Å². The van der Waals surface area contributed by atoms with Crippen molar-refractivity contribution in [3.8, 4) is 11.3 Å². The number of benzene rings is 1. The molecule has 0 aliphatic rings. The summed E-state index contributed by atoms with van der Waals surface area (Å²) in [4.78, 5) is 23.3. The molecule has 0 unspecified atom stereocenters. The lowest BCUT2D eigenvalue weighted by Crippen LogP contribution is -2.33. The number of carbonyl (C=O) groups is 1. The van der Waals surface area contributed by atoms with Crippen LogP contribution in [0.3, 0.4) is 0 Å². The number of nitrogens with zero attached hydrogens (tertiary/aromatic N) is 4. The molecular weight excluding hydrogens is 411 g/mol. The summed E-state index contributed by atoms with van der Waals surface area (Å²) < 4.78 is 38.9. The number of fused-ring (bicyclic) bond motifs is 2. The molecule has 0 spiro atoms. The van der Waals surface area contributed by atoms with Gasteiger partial charge in [-0.2, -0.15) is 18.3 Å². The third-order valence-corrected chi connectivity index (χ3v) is 4.72. The number of alkyl halides is 3. The Bertz CT molecular complexity index is 1300. The third kappa shape index (κ3) is 3.90. The van der Waals surface area contributed by atoms with Crippen LogP contribution in [0.15, 0.2) is 30.6 Å². The maximum absolute atomic E-state index is 12.4. The first-order chi connectivity index (χ1) is 14.4. The van der Waals surface area contributed by atoms with Gasteiger partial charge in [-0.3, -0.25) is 4.79 Å². The van der Waals surface area contributed by atoms with Crippen LogP contribution in [0.5, 0.6) is 0 Å². The van der Waals surface area contributed by atoms with Crippen LogP contribution in [0.1, 0.15) is 31.3 Å². The van der Waals surface area contributed by atoms with Gasteiger partial charge in [0.15, 0.2) is 5.65 Å². The molecule has 3 aromatic heterocycles. The summed E-state index contributed by atoms with van der Waals surface area (Å²) >= 11 is 0. The molecule has 8 nitrogen and oxygen atoms in total. The number of anilines is 1. The number of nitrogens with one attached hydrogen (secondary N) is 2. The van der Waals surface area contributed by atoms with Crippen LogP contribution in [0.4, 0.5) is 19.0 Å². The highest BCUT2D eigenvalue weighted by Gasteiger charge is 2.28. The molecule has 4 rings (SSSR count). The van der Waals surface area contributed by atoms with Gasteiger partial charge in [0.25, 0.3) is 5.91 Å². The van der Waals surface area contributed by atoms with E-state index in [1.54, 1.807) is 22.9 Å². The van der Waals surface area contributed by atoms with Crippen molar-refractivity contribution in [2.75, 3.05) is 12.3 Å². The molecule has 3 heterocycles. The number of aromatic amines is 1. The van der Waals surface area contributed by atoms with Crippen LogP contribution >= 0.6 is 0 Å². The molecule has 4 aromatic rings. The van der Waals surface area contributed by atoms with Gasteiger partial charge in [0.05, 0.1) is 10.9 Å². The maximum Gasteiger partial charge on any atom is 0.405 e. The number of hydrogen-bond acceptors (Lipinski definition) is 5. The summed E-state index contributed by atoms with van der Waals surface area (Å²) in [5, 5.41) is 7.84. The smallest absolute Gasteiger partial charge is 0.383 e. The van der Waals surface area contributed by atoms with E-state index >= 15 is 0 Å². The largest absolute Gasteiger partial charge is 0.405 e. The van der Waals surface area contributed by atoms with Gasteiger partial charge in [-0.05, 0) is 32.9 Å². The van der Waals surface area contributed by atoms with Gasteiger partial charge in [-0.15, -0.1) is 0 Å². The lowest BCUT2D eigenvalue weighted by Gasteiger charge is -2.19. The lowest BCUT2D eigenvalue weighted by molar-refractivity contribution is -0.123. The topological polar surface area (TPSA) is 115 Å². The average molecular weight is 431 g/mol. The van der Waals surface area contributed by atoms with Crippen molar-refractivity contribution in [1.29, 1.82) is 0 Å². The molecule has 0 aliphatic heterocycles. The Morgan fingerprint density at radius 2 is 1.94 bits per heavy atom. The van der Waals surface area contributed by atoms with E-state index in [4.69, 9.17) is 10.8 Å². The van der Waals surface area contributed by atoms with Gasteiger partial charge in [-0.25, -0.2) is 14.6 Å². The average Bonchev–Trinajstić information content (AvgIpc) is 3.27. The Kier molecular flexibility index (Phi) is 4.64. The second-order valence-electron chi connectivity index (χ2n) is 8.17. The van der Waals surface area contributed by atoms with E-state index in [0.717, 1.165) is 0 Å². The Morgan fingerprint density at radius 3 is 2.61 bits per heavy atom. The Labute approximate surface area is 174 Å². The molecule has 11 heteroatoms. The van der Waals surface area contributed by atoms with Crippen molar-refractivity contribution in [3.05, 3.63) is 36.3 Å². The van der Waals surface area contributed by atoms with Crippen LogP contribution < -0.4 is 11.1 Å². The highest BCUT2D eigenvalue weighted by atomic mass is 19.4. The first kappa shape index (κ1) is 20.6. The predicted octanol–water partition coefficient (Wildman–Crippen LogP) is 3.60. The van der Waals surface area contributed by atoms with Gasteiger partial charge in [-0.1, -0.05) is 12.1 Å². The molecule has 162 valence electrons. The maximum atomic E-state index is 12.4. The molecule has 1 aromatic carbocycles. The van der Waals surface area contributed by atoms with Crippen molar-refractivity contribution >= 4 is 33.7 Å². The second kappa shape index (κ2) is 6.96. The molecule has 1 amide bonds. The normalized spacial score (nSPS) is 12.6. The fourth-order valence-corrected chi connectivity index (χ4v) is 3.32. The zero-order valence-corrected chi connectivity index (χ0v) is 17.0. The van der Waals surface area contributed by atoms with Gasteiger partial charge in [0, 0.05) is 16.5 Å². The summed E-state index contributed by atoms with van der Waals surface area (Å²) in [5.74, 6) is -0.551. The van der Waals surface area contributed by atoms with E-state index in [9.17, 15) is 18.0 Å². The monoisotopic (exact) mass is 431 g/mol. The van der Waals surface area contributed by atoms with E-state index in [1.165, 1.54) is 12.4 Å². The van der Waals surface area contributed by atoms with Gasteiger partial charge >= 0.3 is 6.18 Å². The SMILES string of the molecule is CC(C)(C)n1nc(-c2ccc3cc(C(=O)NCC(F)(F)F)[nH]c3c2)c2c(N)ncnc21. The number of amides is 1. The van der Waals surface area contributed by atoms with Crippen molar-refractivity contribution in [3.63, 3.8) is 0 Å². The van der Waals surface area contributed by atoms with E-state index in [0.29, 0.717) is 33.2 Å². The van der Waals surface area contributed by atoms with E-state index in [2.05, 4.69) is 15.0 Å². The van der Waals surface area contributed by atoms with Crippen molar-refractivity contribution in [1.82, 2.24) is 30.0 Å². The van der Waals surface area contributed by atoms with Crippen molar-refractivity contribution < 1.29 is 18.0 Å². The summed E-state index contributed by atoms with van der Waals surface area (Å²) in [6.45, 7) is 4.56. The van der Waals surface area contributed by atoms with Gasteiger partial charge < -0.3 is 16.0 Å². The van der Waals surface area contributed by atoms with E-state index in [1.807, 2.05) is 26.1 Å². The number of rotatable bonds is 3. The Morgan fingerprint density at radius 1 is 1.19 bits per heavy atom. The number of nitrogen functional groups attached to an aromatic ring is 1. The molecule has 0 saturated carbocycles. The summed E-state index contributed by atoms with van der Waals surface area (Å²) in [5.41, 5.74) is 8.22. The highest BCUT2D eigenvalue weighted by molar-refractivity contribution is 6.02.